The zero-order valence-corrected chi connectivity index (χ0v) is 14.2. The second-order valence-corrected chi connectivity index (χ2v) is 9.22. The number of hydrogen-bond acceptors (Lipinski definition) is 2. The van der Waals surface area contributed by atoms with Crippen LogP contribution in [0.2, 0.25) is 0 Å². The van der Waals surface area contributed by atoms with Gasteiger partial charge in [0.05, 0.1) is 0 Å². The van der Waals surface area contributed by atoms with E-state index in [2.05, 4.69) is 23.8 Å². The summed E-state index contributed by atoms with van der Waals surface area (Å²) in [6.45, 7) is 9.32. The molecule has 0 aromatic carbocycles. The first-order valence-corrected chi connectivity index (χ1v) is 9.50. The van der Waals surface area contributed by atoms with Crippen LogP contribution in [-0.4, -0.2) is 49.6 Å². The first-order chi connectivity index (χ1) is 10.1. The molecule has 120 valence electrons. The van der Waals surface area contributed by atoms with Gasteiger partial charge in [-0.05, 0) is 107 Å². The van der Waals surface area contributed by atoms with Gasteiger partial charge >= 0.3 is 0 Å². The standard InChI is InChI=1S/C19H34N2/c1-16-13-18(14-16)6-11-21(12-7-18)9-3-17-15-20(2)10-8-19(17)4-5-19/h16-17H,3-15H2,1-2H3/t17-/m1/s1. The number of rotatable bonds is 3. The van der Waals surface area contributed by atoms with Gasteiger partial charge in [-0.2, -0.15) is 0 Å². The van der Waals surface area contributed by atoms with Crippen LogP contribution in [0.1, 0.15) is 58.3 Å². The fraction of sp³-hybridized carbons (Fsp3) is 1.00. The molecule has 1 atom stereocenters. The molecule has 4 aliphatic rings. The van der Waals surface area contributed by atoms with Crippen molar-refractivity contribution in [3.63, 3.8) is 0 Å². The summed E-state index contributed by atoms with van der Waals surface area (Å²) in [5.41, 5.74) is 1.59. The lowest BCUT2D eigenvalue weighted by molar-refractivity contribution is -0.00923. The molecule has 2 nitrogen and oxygen atoms in total. The normalized spacial score (nSPS) is 36.0. The van der Waals surface area contributed by atoms with E-state index in [0.717, 1.165) is 22.7 Å². The molecular weight excluding hydrogens is 256 g/mol. The highest BCUT2D eigenvalue weighted by molar-refractivity contribution is 5.02. The van der Waals surface area contributed by atoms with Crippen LogP contribution < -0.4 is 0 Å². The van der Waals surface area contributed by atoms with Crippen molar-refractivity contribution >= 4 is 0 Å². The highest BCUT2D eigenvalue weighted by Crippen LogP contribution is 2.58. The molecule has 2 spiro atoms. The van der Waals surface area contributed by atoms with E-state index in [4.69, 9.17) is 0 Å². The van der Waals surface area contributed by atoms with E-state index in [1.165, 1.54) is 84.1 Å². The highest BCUT2D eigenvalue weighted by Gasteiger charge is 2.51. The Hall–Kier alpha value is -0.0800. The summed E-state index contributed by atoms with van der Waals surface area (Å²) in [4.78, 5) is 5.37. The van der Waals surface area contributed by atoms with Gasteiger partial charge in [0, 0.05) is 6.54 Å². The van der Waals surface area contributed by atoms with Gasteiger partial charge in [-0.25, -0.2) is 0 Å². The molecule has 0 aromatic rings. The third-order valence-corrected chi connectivity index (χ3v) is 7.56. The average molecular weight is 290 g/mol. The van der Waals surface area contributed by atoms with E-state index in [-0.39, 0.29) is 0 Å². The molecular formula is C19H34N2. The predicted molar refractivity (Wildman–Crippen MR) is 88.4 cm³/mol. The average Bonchev–Trinajstić information content (AvgIpc) is 3.21. The van der Waals surface area contributed by atoms with Crippen molar-refractivity contribution in [3.05, 3.63) is 0 Å². The molecule has 21 heavy (non-hydrogen) atoms. The molecule has 0 N–H and O–H groups in total. The van der Waals surface area contributed by atoms with Crippen LogP contribution in [0, 0.1) is 22.7 Å². The Bertz CT molecular complexity index is 371. The van der Waals surface area contributed by atoms with Crippen LogP contribution in [0.4, 0.5) is 0 Å². The molecule has 2 saturated heterocycles. The van der Waals surface area contributed by atoms with E-state index in [1.807, 2.05) is 0 Å². The minimum atomic E-state index is 0.790. The minimum Gasteiger partial charge on any atom is -0.306 e. The Morgan fingerprint density at radius 1 is 0.952 bits per heavy atom. The summed E-state index contributed by atoms with van der Waals surface area (Å²) in [6.07, 6.45) is 12.1. The van der Waals surface area contributed by atoms with Crippen LogP contribution in [0.3, 0.4) is 0 Å². The summed E-state index contributed by atoms with van der Waals surface area (Å²) >= 11 is 0. The molecule has 4 fully saturated rings. The van der Waals surface area contributed by atoms with Crippen molar-refractivity contribution in [2.75, 3.05) is 39.8 Å². The first-order valence-electron chi connectivity index (χ1n) is 9.50. The number of likely N-dealkylation sites (tertiary alicyclic amines) is 2. The molecule has 4 rings (SSSR count). The molecule has 0 unspecified atom stereocenters. The molecule has 0 bridgehead atoms. The Kier molecular flexibility index (Phi) is 3.61. The maximum absolute atomic E-state index is 2.79. The zero-order chi connectivity index (χ0) is 14.5. The van der Waals surface area contributed by atoms with Gasteiger partial charge < -0.3 is 9.80 Å². The van der Waals surface area contributed by atoms with E-state index < -0.39 is 0 Å². The molecule has 2 aliphatic carbocycles. The van der Waals surface area contributed by atoms with Crippen molar-refractivity contribution < 1.29 is 0 Å². The lowest BCUT2D eigenvalue weighted by Gasteiger charge is -2.51. The van der Waals surface area contributed by atoms with Crippen molar-refractivity contribution in [2.24, 2.45) is 22.7 Å². The number of nitrogens with zero attached hydrogens (tertiary/aromatic N) is 2. The van der Waals surface area contributed by atoms with Crippen molar-refractivity contribution in [1.29, 1.82) is 0 Å². The van der Waals surface area contributed by atoms with Crippen LogP contribution in [0.15, 0.2) is 0 Å². The van der Waals surface area contributed by atoms with Crippen LogP contribution in [-0.2, 0) is 0 Å². The van der Waals surface area contributed by atoms with Gasteiger partial charge in [0.2, 0.25) is 0 Å². The lowest BCUT2D eigenvalue weighted by Crippen LogP contribution is -2.47. The minimum absolute atomic E-state index is 0.790. The Morgan fingerprint density at radius 2 is 1.67 bits per heavy atom. The monoisotopic (exact) mass is 290 g/mol. The van der Waals surface area contributed by atoms with Gasteiger partial charge in [-0.1, -0.05) is 6.92 Å². The predicted octanol–water partition coefficient (Wildman–Crippen LogP) is 3.62. The molecule has 2 heterocycles. The zero-order valence-electron chi connectivity index (χ0n) is 14.2. The fourth-order valence-electron chi connectivity index (χ4n) is 5.91. The van der Waals surface area contributed by atoms with Gasteiger partial charge in [-0.15, -0.1) is 0 Å². The summed E-state index contributed by atoms with van der Waals surface area (Å²) in [5.74, 6) is 2.01. The summed E-state index contributed by atoms with van der Waals surface area (Å²) in [7, 11) is 2.32. The highest BCUT2D eigenvalue weighted by atomic mass is 15.1. The Labute approximate surface area is 131 Å². The Morgan fingerprint density at radius 3 is 2.29 bits per heavy atom. The molecule has 2 heteroatoms. The smallest absolute Gasteiger partial charge is 0.00124 e. The van der Waals surface area contributed by atoms with Crippen molar-refractivity contribution in [3.8, 4) is 0 Å². The van der Waals surface area contributed by atoms with Gasteiger partial charge in [0.1, 0.15) is 0 Å². The fourth-order valence-corrected chi connectivity index (χ4v) is 5.91. The second-order valence-electron chi connectivity index (χ2n) is 9.22. The topological polar surface area (TPSA) is 6.48 Å². The number of hydrogen-bond donors (Lipinski definition) is 0. The largest absolute Gasteiger partial charge is 0.306 e. The maximum atomic E-state index is 2.79. The van der Waals surface area contributed by atoms with Gasteiger partial charge in [0.15, 0.2) is 0 Å². The van der Waals surface area contributed by atoms with Gasteiger partial charge in [0.25, 0.3) is 0 Å². The van der Waals surface area contributed by atoms with E-state index in [1.54, 1.807) is 0 Å². The second kappa shape index (κ2) is 5.23. The third kappa shape index (κ3) is 2.79. The van der Waals surface area contributed by atoms with E-state index in [0.29, 0.717) is 0 Å². The van der Waals surface area contributed by atoms with Crippen LogP contribution in [0.5, 0.6) is 0 Å². The summed E-state index contributed by atoms with van der Waals surface area (Å²) in [5, 5.41) is 0. The molecule has 0 aromatic heterocycles. The number of piperidine rings is 2. The first kappa shape index (κ1) is 14.5. The quantitative estimate of drug-likeness (QED) is 0.783. The summed E-state index contributed by atoms with van der Waals surface area (Å²) < 4.78 is 0. The molecule has 2 saturated carbocycles. The van der Waals surface area contributed by atoms with Crippen LogP contribution >= 0.6 is 0 Å². The van der Waals surface area contributed by atoms with Crippen LogP contribution in [0.25, 0.3) is 0 Å². The summed E-state index contributed by atoms with van der Waals surface area (Å²) in [6, 6.07) is 0. The lowest BCUT2D eigenvalue weighted by atomic mass is 9.58. The molecule has 0 radical (unpaired) electrons. The van der Waals surface area contributed by atoms with Crippen molar-refractivity contribution in [1.82, 2.24) is 9.80 Å². The Balaban J connectivity index is 1.24. The van der Waals surface area contributed by atoms with E-state index in [9.17, 15) is 0 Å². The third-order valence-electron chi connectivity index (χ3n) is 7.56. The maximum Gasteiger partial charge on any atom is 0.00124 e. The van der Waals surface area contributed by atoms with Crippen molar-refractivity contribution in [2.45, 2.75) is 58.3 Å². The van der Waals surface area contributed by atoms with Gasteiger partial charge in [-0.3, -0.25) is 0 Å². The SMILES string of the molecule is CC1CC2(CCN(CC[C@@H]3CN(C)CCC34CC4)CC2)C1. The molecule has 0 amide bonds. The molecule has 2 aliphatic heterocycles. The van der Waals surface area contributed by atoms with E-state index >= 15 is 0 Å².